The van der Waals surface area contributed by atoms with Gasteiger partial charge in [-0.15, -0.1) is 11.8 Å². The van der Waals surface area contributed by atoms with Crippen LogP contribution < -0.4 is 5.32 Å². The summed E-state index contributed by atoms with van der Waals surface area (Å²) in [6.07, 6.45) is 0. The summed E-state index contributed by atoms with van der Waals surface area (Å²) < 4.78 is 0. The van der Waals surface area contributed by atoms with Gasteiger partial charge in [0.25, 0.3) is 0 Å². The highest BCUT2D eigenvalue weighted by molar-refractivity contribution is 8.00. The molecule has 1 atom stereocenters. The molecule has 0 fully saturated rings. The lowest BCUT2D eigenvalue weighted by Gasteiger charge is -2.05. The summed E-state index contributed by atoms with van der Waals surface area (Å²) >= 11 is 1.36. The Morgan fingerprint density at radius 3 is 3.00 bits per heavy atom. The molecule has 0 aliphatic heterocycles. The zero-order valence-corrected chi connectivity index (χ0v) is 7.73. The highest BCUT2D eigenvalue weighted by atomic mass is 32.2. The predicted octanol–water partition coefficient (Wildman–Crippen LogP) is -0.260. The van der Waals surface area contributed by atoms with Crippen LogP contribution in [-0.2, 0) is 4.79 Å². The van der Waals surface area contributed by atoms with E-state index in [1.807, 2.05) is 13.0 Å². The molecule has 4 nitrogen and oxygen atoms in total. The number of carbonyl (C=O) groups excluding carboxylic acids is 1. The minimum Gasteiger partial charge on any atom is -0.395 e. The maximum Gasteiger partial charge on any atom is 0.230 e. The lowest BCUT2D eigenvalue weighted by molar-refractivity contribution is -0.118. The van der Waals surface area contributed by atoms with Crippen molar-refractivity contribution in [2.24, 2.45) is 0 Å². The van der Waals surface area contributed by atoms with Crippen LogP contribution in [0.4, 0.5) is 0 Å². The molecule has 0 heterocycles. The van der Waals surface area contributed by atoms with Crippen LogP contribution in [0.15, 0.2) is 0 Å². The van der Waals surface area contributed by atoms with Gasteiger partial charge in [-0.3, -0.25) is 4.79 Å². The van der Waals surface area contributed by atoms with E-state index < -0.39 is 0 Å². The SMILES string of the molecule is CC(CO)SCC(=O)NCC#N. The first-order valence-electron chi connectivity index (χ1n) is 3.56. The molecule has 0 aromatic rings. The topological polar surface area (TPSA) is 73.1 Å². The number of nitrogens with one attached hydrogen (secondary N) is 1. The number of carbonyl (C=O) groups is 1. The van der Waals surface area contributed by atoms with Crippen molar-refractivity contribution >= 4 is 17.7 Å². The van der Waals surface area contributed by atoms with E-state index in [9.17, 15) is 4.79 Å². The highest BCUT2D eigenvalue weighted by Gasteiger charge is 2.04. The Balaban J connectivity index is 3.38. The van der Waals surface area contributed by atoms with Crippen LogP contribution in [0.25, 0.3) is 0 Å². The van der Waals surface area contributed by atoms with Gasteiger partial charge in [-0.1, -0.05) is 6.92 Å². The van der Waals surface area contributed by atoms with Gasteiger partial charge in [0.1, 0.15) is 6.54 Å². The molecule has 0 radical (unpaired) electrons. The molecule has 2 N–H and O–H groups in total. The minimum atomic E-state index is -0.165. The van der Waals surface area contributed by atoms with E-state index in [1.54, 1.807) is 0 Å². The summed E-state index contributed by atoms with van der Waals surface area (Å²) in [5, 5.41) is 19.2. The van der Waals surface area contributed by atoms with Crippen molar-refractivity contribution in [1.29, 1.82) is 5.26 Å². The van der Waals surface area contributed by atoms with E-state index in [2.05, 4.69) is 5.32 Å². The molecule has 0 aliphatic carbocycles. The maximum atomic E-state index is 10.9. The number of hydrogen-bond donors (Lipinski definition) is 2. The van der Waals surface area contributed by atoms with Crippen molar-refractivity contribution in [2.45, 2.75) is 12.2 Å². The van der Waals surface area contributed by atoms with Crippen molar-refractivity contribution < 1.29 is 9.90 Å². The molecular formula is C7H12N2O2S. The van der Waals surface area contributed by atoms with Crippen LogP contribution in [-0.4, -0.2) is 35.2 Å². The Labute approximate surface area is 76.0 Å². The van der Waals surface area contributed by atoms with Gasteiger partial charge < -0.3 is 10.4 Å². The molecule has 5 heteroatoms. The zero-order valence-electron chi connectivity index (χ0n) is 6.91. The third-order valence-corrected chi connectivity index (χ3v) is 2.27. The molecular weight excluding hydrogens is 176 g/mol. The van der Waals surface area contributed by atoms with Gasteiger partial charge in [0.15, 0.2) is 0 Å². The molecule has 0 aliphatic rings. The number of rotatable bonds is 5. The lowest BCUT2D eigenvalue weighted by Crippen LogP contribution is -2.26. The lowest BCUT2D eigenvalue weighted by atomic mass is 10.5. The number of aliphatic hydroxyl groups is 1. The number of aliphatic hydroxyl groups excluding tert-OH is 1. The Morgan fingerprint density at radius 2 is 2.50 bits per heavy atom. The molecule has 0 bridgehead atoms. The monoisotopic (exact) mass is 188 g/mol. The Bertz CT molecular complexity index is 179. The van der Waals surface area contributed by atoms with E-state index in [1.165, 1.54) is 11.8 Å². The molecule has 12 heavy (non-hydrogen) atoms. The third-order valence-electron chi connectivity index (χ3n) is 1.12. The maximum absolute atomic E-state index is 10.9. The van der Waals surface area contributed by atoms with Crippen molar-refractivity contribution in [1.82, 2.24) is 5.32 Å². The molecule has 1 amide bonds. The van der Waals surface area contributed by atoms with Gasteiger partial charge in [-0.2, -0.15) is 5.26 Å². The summed E-state index contributed by atoms with van der Waals surface area (Å²) in [6.45, 7) is 1.95. The van der Waals surface area contributed by atoms with Crippen molar-refractivity contribution in [3.63, 3.8) is 0 Å². The van der Waals surface area contributed by atoms with Crippen molar-refractivity contribution in [2.75, 3.05) is 18.9 Å². The van der Waals surface area contributed by atoms with Crippen LogP contribution in [0, 0.1) is 11.3 Å². The Morgan fingerprint density at radius 1 is 1.83 bits per heavy atom. The van der Waals surface area contributed by atoms with E-state index >= 15 is 0 Å². The quantitative estimate of drug-likeness (QED) is 0.583. The first-order chi connectivity index (χ1) is 5.70. The predicted molar refractivity (Wildman–Crippen MR) is 47.6 cm³/mol. The van der Waals surface area contributed by atoms with E-state index in [-0.39, 0.29) is 24.3 Å². The van der Waals surface area contributed by atoms with Gasteiger partial charge in [-0.05, 0) is 0 Å². The van der Waals surface area contributed by atoms with Crippen molar-refractivity contribution in [3.05, 3.63) is 0 Å². The Hall–Kier alpha value is -0.730. The second-order valence-corrected chi connectivity index (χ2v) is 3.67. The molecule has 68 valence electrons. The van der Waals surface area contributed by atoms with Crippen LogP contribution in [0.2, 0.25) is 0 Å². The summed E-state index contributed by atoms with van der Waals surface area (Å²) in [4.78, 5) is 10.9. The van der Waals surface area contributed by atoms with Gasteiger partial charge in [0.05, 0.1) is 18.4 Å². The van der Waals surface area contributed by atoms with Crippen LogP contribution in [0.1, 0.15) is 6.92 Å². The fraction of sp³-hybridized carbons (Fsp3) is 0.714. The number of amides is 1. The largest absolute Gasteiger partial charge is 0.395 e. The summed E-state index contributed by atoms with van der Waals surface area (Å²) in [5.41, 5.74) is 0. The van der Waals surface area contributed by atoms with E-state index in [4.69, 9.17) is 10.4 Å². The number of hydrogen-bond acceptors (Lipinski definition) is 4. The fourth-order valence-electron chi connectivity index (χ4n) is 0.460. The van der Waals surface area contributed by atoms with Gasteiger partial charge in [-0.25, -0.2) is 0 Å². The Kier molecular flexibility index (Phi) is 6.53. The summed E-state index contributed by atoms with van der Waals surface area (Å²) in [6, 6.07) is 1.81. The first-order valence-corrected chi connectivity index (χ1v) is 4.61. The zero-order chi connectivity index (χ0) is 9.40. The minimum absolute atomic E-state index is 0.0485. The number of nitriles is 1. The molecule has 0 saturated carbocycles. The molecule has 1 unspecified atom stereocenters. The third kappa shape index (κ3) is 6.01. The van der Waals surface area contributed by atoms with Crippen LogP contribution in [0.3, 0.4) is 0 Å². The number of thioether (sulfide) groups is 1. The van der Waals surface area contributed by atoms with Crippen LogP contribution in [0.5, 0.6) is 0 Å². The van der Waals surface area contributed by atoms with Gasteiger partial charge in [0.2, 0.25) is 5.91 Å². The van der Waals surface area contributed by atoms with E-state index in [0.717, 1.165) is 0 Å². The normalized spacial score (nSPS) is 11.8. The molecule has 0 aromatic heterocycles. The summed E-state index contributed by atoms with van der Waals surface area (Å²) in [7, 11) is 0. The second-order valence-electron chi connectivity index (χ2n) is 2.24. The van der Waals surface area contributed by atoms with Crippen molar-refractivity contribution in [3.8, 4) is 6.07 Å². The van der Waals surface area contributed by atoms with Gasteiger partial charge in [0, 0.05) is 5.25 Å². The first kappa shape index (κ1) is 11.3. The fourth-order valence-corrected chi connectivity index (χ4v) is 1.10. The summed E-state index contributed by atoms with van der Waals surface area (Å²) in [5.74, 6) is 0.130. The smallest absolute Gasteiger partial charge is 0.230 e. The second kappa shape index (κ2) is 6.95. The highest BCUT2D eigenvalue weighted by Crippen LogP contribution is 2.07. The molecule has 0 rings (SSSR count). The average Bonchev–Trinajstić information content (AvgIpc) is 2.10. The molecule has 0 spiro atoms. The van der Waals surface area contributed by atoms with E-state index in [0.29, 0.717) is 5.75 Å². The van der Waals surface area contributed by atoms with Crippen LogP contribution >= 0.6 is 11.8 Å². The standard InChI is InChI=1S/C7H12N2O2S/c1-6(4-10)12-5-7(11)9-3-2-8/h6,10H,3-5H2,1H3,(H,9,11). The number of nitrogens with zero attached hydrogens (tertiary/aromatic N) is 1. The van der Waals surface area contributed by atoms with Gasteiger partial charge >= 0.3 is 0 Å². The molecule has 0 saturated heterocycles. The average molecular weight is 188 g/mol. The molecule has 0 aromatic carbocycles.